The highest BCUT2D eigenvalue weighted by Gasteiger charge is 2.37. The van der Waals surface area contributed by atoms with Gasteiger partial charge in [-0.2, -0.15) is 0 Å². The second kappa shape index (κ2) is 6.10. The zero-order valence-corrected chi connectivity index (χ0v) is 14.2. The molecule has 1 heterocycles. The molecule has 120 valence electrons. The molecule has 0 bridgehead atoms. The Labute approximate surface area is 127 Å². The normalized spacial score (nSPS) is 17.7. The largest absolute Gasteiger partial charge is 0.465 e. The van der Waals surface area contributed by atoms with Gasteiger partial charge < -0.3 is 9.73 Å². The first-order valence-electron chi connectivity index (χ1n) is 7.58. The van der Waals surface area contributed by atoms with Gasteiger partial charge in [0.1, 0.15) is 16.4 Å². The van der Waals surface area contributed by atoms with E-state index < -0.39 is 10.0 Å². The van der Waals surface area contributed by atoms with Crippen molar-refractivity contribution in [3.05, 3.63) is 17.1 Å². The van der Waals surface area contributed by atoms with E-state index in [9.17, 15) is 8.42 Å². The second-order valence-corrected chi connectivity index (χ2v) is 7.79. The maximum Gasteiger partial charge on any atom is 0.244 e. The molecule has 0 aliphatic heterocycles. The minimum absolute atomic E-state index is 0.156. The summed E-state index contributed by atoms with van der Waals surface area (Å²) in [6.45, 7) is 6.65. The molecule has 0 unspecified atom stereocenters. The SMILES string of the molecule is CCC1(CNS(=O)(=O)c2c(C)oc(C)c2CNC)CCC1. The molecule has 1 saturated carbocycles. The Hall–Kier alpha value is -0.850. The molecule has 5 nitrogen and oxygen atoms in total. The third-order valence-electron chi connectivity index (χ3n) is 4.75. The molecule has 1 fully saturated rings. The van der Waals surface area contributed by atoms with Crippen molar-refractivity contribution < 1.29 is 12.8 Å². The molecule has 0 aromatic carbocycles. The highest BCUT2D eigenvalue weighted by molar-refractivity contribution is 7.89. The van der Waals surface area contributed by atoms with Crippen LogP contribution in [0.3, 0.4) is 0 Å². The maximum absolute atomic E-state index is 12.7. The molecule has 0 atom stereocenters. The van der Waals surface area contributed by atoms with Gasteiger partial charge in [-0.1, -0.05) is 13.3 Å². The zero-order chi connectivity index (χ0) is 15.7. The van der Waals surface area contributed by atoms with E-state index in [1.165, 1.54) is 6.42 Å². The van der Waals surface area contributed by atoms with E-state index in [1.807, 2.05) is 0 Å². The number of sulfonamides is 1. The van der Waals surface area contributed by atoms with Crippen molar-refractivity contribution >= 4 is 10.0 Å². The molecule has 21 heavy (non-hydrogen) atoms. The first-order valence-corrected chi connectivity index (χ1v) is 9.06. The molecular weight excluding hydrogens is 288 g/mol. The van der Waals surface area contributed by atoms with Crippen LogP contribution in [0.15, 0.2) is 9.31 Å². The van der Waals surface area contributed by atoms with Gasteiger partial charge in [0.25, 0.3) is 0 Å². The van der Waals surface area contributed by atoms with Crippen LogP contribution in [0.25, 0.3) is 0 Å². The van der Waals surface area contributed by atoms with Crippen LogP contribution in [-0.4, -0.2) is 22.0 Å². The lowest BCUT2D eigenvalue weighted by atomic mass is 9.67. The summed E-state index contributed by atoms with van der Waals surface area (Å²) in [6.07, 6.45) is 4.43. The first kappa shape index (κ1) is 16.5. The van der Waals surface area contributed by atoms with E-state index in [0.29, 0.717) is 29.5 Å². The first-order chi connectivity index (χ1) is 9.85. The van der Waals surface area contributed by atoms with Gasteiger partial charge in [0.2, 0.25) is 10.0 Å². The highest BCUT2D eigenvalue weighted by atomic mass is 32.2. The molecule has 2 rings (SSSR count). The Kier molecular flexibility index (Phi) is 4.80. The van der Waals surface area contributed by atoms with Crippen molar-refractivity contribution in [2.24, 2.45) is 5.41 Å². The Morgan fingerprint density at radius 3 is 2.38 bits per heavy atom. The number of nitrogens with one attached hydrogen (secondary N) is 2. The number of furan rings is 1. The predicted molar refractivity (Wildman–Crippen MR) is 82.7 cm³/mol. The van der Waals surface area contributed by atoms with Crippen LogP contribution in [0.4, 0.5) is 0 Å². The summed E-state index contributed by atoms with van der Waals surface area (Å²) in [5, 5.41) is 3.00. The van der Waals surface area contributed by atoms with Crippen LogP contribution in [0.2, 0.25) is 0 Å². The van der Waals surface area contributed by atoms with Gasteiger partial charge in [-0.25, -0.2) is 13.1 Å². The minimum atomic E-state index is -3.53. The molecule has 1 aromatic rings. The number of aryl methyl sites for hydroxylation is 2. The van der Waals surface area contributed by atoms with Gasteiger partial charge in [-0.05, 0) is 45.6 Å². The standard InChI is InChI=1S/C15H26N2O3S/c1-5-15(7-6-8-15)10-17-21(18,19)14-12(3)20-11(2)13(14)9-16-4/h16-17H,5-10H2,1-4H3. The molecule has 2 N–H and O–H groups in total. The van der Waals surface area contributed by atoms with Crippen molar-refractivity contribution in [3.63, 3.8) is 0 Å². The summed E-state index contributed by atoms with van der Waals surface area (Å²) in [6, 6.07) is 0. The summed E-state index contributed by atoms with van der Waals surface area (Å²) >= 11 is 0. The average molecular weight is 314 g/mol. The minimum Gasteiger partial charge on any atom is -0.465 e. The van der Waals surface area contributed by atoms with E-state index in [-0.39, 0.29) is 5.41 Å². The molecule has 6 heteroatoms. The maximum atomic E-state index is 12.7. The molecule has 1 aliphatic rings. The molecule has 0 amide bonds. The molecule has 0 radical (unpaired) electrons. The van der Waals surface area contributed by atoms with Crippen LogP contribution in [-0.2, 0) is 16.6 Å². The van der Waals surface area contributed by atoms with Crippen molar-refractivity contribution in [2.75, 3.05) is 13.6 Å². The van der Waals surface area contributed by atoms with Crippen molar-refractivity contribution in [2.45, 2.75) is 57.9 Å². The van der Waals surface area contributed by atoms with Gasteiger partial charge in [-0.3, -0.25) is 0 Å². The monoisotopic (exact) mass is 314 g/mol. The van der Waals surface area contributed by atoms with Crippen LogP contribution >= 0.6 is 0 Å². The van der Waals surface area contributed by atoms with Crippen molar-refractivity contribution in [1.82, 2.24) is 10.0 Å². The van der Waals surface area contributed by atoms with Gasteiger partial charge in [-0.15, -0.1) is 0 Å². The van der Waals surface area contributed by atoms with Gasteiger partial charge in [0, 0.05) is 18.7 Å². The van der Waals surface area contributed by atoms with Crippen LogP contribution in [0.1, 0.15) is 49.7 Å². The van der Waals surface area contributed by atoms with E-state index in [0.717, 1.165) is 24.8 Å². The fourth-order valence-corrected chi connectivity index (χ4v) is 4.70. The Morgan fingerprint density at radius 2 is 1.90 bits per heavy atom. The molecule has 0 saturated heterocycles. The van der Waals surface area contributed by atoms with E-state index in [1.54, 1.807) is 20.9 Å². The quantitative estimate of drug-likeness (QED) is 0.811. The Morgan fingerprint density at radius 1 is 1.24 bits per heavy atom. The fraction of sp³-hybridized carbons (Fsp3) is 0.733. The average Bonchev–Trinajstić information content (AvgIpc) is 2.64. The Balaban J connectivity index is 2.23. The lowest BCUT2D eigenvalue weighted by molar-refractivity contribution is 0.133. The van der Waals surface area contributed by atoms with Crippen molar-refractivity contribution in [3.8, 4) is 0 Å². The second-order valence-electron chi connectivity index (χ2n) is 6.08. The number of hydrogen-bond donors (Lipinski definition) is 2. The summed E-state index contributed by atoms with van der Waals surface area (Å²) in [5.41, 5.74) is 0.879. The van der Waals surface area contributed by atoms with Gasteiger partial charge in [0.05, 0.1) is 0 Å². The number of rotatable bonds is 7. The van der Waals surface area contributed by atoms with Gasteiger partial charge in [0.15, 0.2) is 0 Å². The third kappa shape index (κ3) is 3.17. The van der Waals surface area contributed by atoms with Crippen LogP contribution in [0.5, 0.6) is 0 Å². The van der Waals surface area contributed by atoms with Crippen LogP contribution < -0.4 is 10.0 Å². The van der Waals surface area contributed by atoms with Crippen LogP contribution in [0, 0.1) is 19.3 Å². The lowest BCUT2D eigenvalue weighted by Gasteiger charge is -2.41. The summed E-state index contributed by atoms with van der Waals surface area (Å²) < 4.78 is 33.7. The van der Waals surface area contributed by atoms with E-state index >= 15 is 0 Å². The fourth-order valence-electron chi connectivity index (χ4n) is 3.10. The van der Waals surface area contributed by atoms with Crippen molar-refractivity contribution in [1.29, 1.82) is 0 Å². The molecule has 0 spiro atoms. The van der Waals surface area contributed by atoms with E-state index in [4.69, 9.17) is 4.42 Å². The molecule has 1 aliphatic carbocycles. The van der Waals surface area contributed by atoms with E-state index in [2.05, 4.69) is 17.0 Å². The van der Waals surface area contributed by atoms with Gasteiger partial charge >= 0.3 is 0 Å². The topological polar surface area (TPSA) is 71.3 Å². The Bertz CT molecular complexity index is 595. The predicted octanol–water partition coefficient (Wildman–Crippen LogP) is 2.47. The molecular formula is C15H26N2O3S. The summed E-state index contributed by atoms with van der Waals surface area (Å²) in [5.74, 6) is 1.13. The number of hydrogen-bond acceptors (Lipinski definition) is 4. The smallest absolute Gasteiger partial charge is 0.244 e. The third-order valence-corrected chi connectivity index (χ3v) is 6.34. The highest BCUT2D eigenvalue weighted by Crippen LogP contribution is 2.43. The molecule has 1 aromatic heterocycles. The lowest BCUT2D eigenvalue weighted by Crippen LogP contribution is -2.41. The summed E-state index contributed by atoms with van der Waals surface area (Å²) in [4.78, 5) is 0.305. The summed E-state index contributed by atoms with van der Waals surface area (Å²) in [7, 11) is -1.73. The zero-order valence-electron chi connectivity index (χ0n) is 13.4.